The second-order valence-electron chi connectivity index (χ2n) is 10.2. The van der Waals surface area contributed by atoms with Crippen LogP contribution in [0.25, 0.3) is 45.1 Å². The summed E-state index contributed by atoms with van der Waals surface area (Å²) in [6, 6.07) is 16.2. The van der Waals surface area contributed by atoms with Gasteiger partial charge in [-0.15, -0.1) is 11.3 Å². The molecule has 6 nitrogen and oxygen atoms in total. The molecule has 4 heterocycles. The van der Waals surface area contributed by atoms with Crippen LogP contribution < -0.4 is 21.2 Å². The van der Waals surface area contributed by atoms with Crippen molar-refractivity contribution in [1.82, 2.24) is 20.2 Å². The van der Waals surface area contributed by atoms with Crippen LogP contribution in [0.15, 0.2) is 99.6 Å². The van der Waals surface area contributed by atoms with Crippen LogP contribution >= 0.6 is 11.3 Å². The zero-order valence-electron chi connectivity index (χ0n) is 24.7. The summed E-state index contributed by atoms with van der Waals surface area (Å²) >= 11 is 1.71. The monoisotopic (exact) mass is 582 g/mol. The molecule has 0 saturated carbocycles. The molecular formula is C36H34N6S. The number of pyridine rings is 2. The number of hydrogen-bond acceptors (Lipinski definition) is 6. The third-order valence-electron chi connectivity index (χ3n) is 7.05. The van der Waals surface area contributed by atoms with Gasteiger partial charge in [-0.2, -0.15) is 5.10 Å². The molecule has 4 aromatic heterocycles. The summed E-state index contributed by atoms with van der Waals surface area (Å²) in [5.41, 5.74) is 9.68. The van der Waals surface area contributed by atoms with Gasteiger partial charge in [-0.05, 0) is 67.3 Å². The molecule has 0 unspecified atom stereocenters. The van der Waals surface area contributed by atoms with E-state index in [2.05, 4.69) is 76.2 Å². The van der Waals surface area contributed by atoms with E-state index in [9.17, 15) is 0 Å². The first-order valence-electron chi connectivity index (χ1n) is 13.8. The van der Waals surface area contributed by atoms with Crippen molar-refractivity contribution < 1.29 is 0 Å². The Balaban J connectivity index is 1.41. The van der Waals surface area contributed by atoms with E-state index >= 15 is 0 Å². The zero-order chi connectivity index (χ0) is 30.5. The highest BCUT2D eigenvalue weighted by Gasteiger charge is 2.13. The second kappa shape index (κ2) is 12.7. The van der Waals surface area contributed by atoms with Crippen LogP contribution in [-0.4, -0.2) is 20.2 Å². The lowest BCUT2D eigenvalue weighted by Gasteiger charge is -2.13. The third-order valence-corrected chi connectivity index (χ3v) is 8.33. The Morgan fingerprint density at radius 2 is 1.65 bits per heavy atom. The SMILES string of the molecule is C=C(/C=c1/c(C(=C)Nc2cncc(-c3ccc(C(=C)C)s3)c2C)n[nH]/c1=C/C)c1cncc(NC(=C)c2ccccc2)c1. The van der Waals surface area contributed by atoms with Crippen molar-refractivity contribution in [1.29, 1.82) is 0 Å². The molecule has 0 amide bonds. The van der Waals surface area contributed by atoms with E-state index in [-0.39, 0.29) is 0 Å². The van der Waals surface area contributed by atoms with Crippen LogP contribution in [0.5, 0.6) is 0 Å². The summed E-state index contributed by atoms with van der Waals surface area (Å²) < 4.78 is 0. The average molecular weight is 583 g/mol. The molecule has 0 saturated heterocycles. The van der Waals surface area contributed by atoms with E-state index in [1.165, 1.54) is 0 Å². The van der Waals surface area contributed by atoms with Gasteiger partial charge in [0.25, 0.3) is 0 Å². The van der Waals surface area contributed by atoms with Crippen molar-refractivity contribution in [3.05, 3.63) is 137 Å². The molecule has 5 rings (SSSR count). The Morgan fingerprint density at radius 1 is 0.884 bits per heavy atom. The van der Waals surface area contributed by atoms with Crippen molar-refractivity contribution >= 4 is 57.4 Å². The third kappa shape index (κ3) is 6.47. The minimum Gasteiger partial charge on any atom is -0.354 e. The van der Waals surface area contributed by atoms with E-state index in [1.807, 2.05) is 74.8 Å². The Kier molecular flexibility index (Phi) is 8.64. The quantitative estimate of drug-likeness (QED) is 0.157. The molecule has 0 spiro atoms. The molecule has 43 heavy (non-hydrogen) atoms. The van der Waals surface area contributed by atoms with Crippen molar-refractivity contribution in [3.63, 3.8) is 0 Å². The second-order valence-corrected chi connectivity index (χ2v) is 11.3. The number of nitrogens with zero attached hydrogens (tertiary/aromatic N) is 3. The largest absolute Gasteiger partial charge is 0.354 e. The number of nitrogens with one attached hydrogen (secondary N) is 3. The summed E-state index contributed by atoms with van der Waals surface area (Å²) in [5.74, 6) is 0. The Morgan fingerprint density at radius 3 is 2.37 bits per heavy atom. The fourth-order valence-electron chi connectivity index (χ4n) is 4.62. The smallest absolute Gasteiger partial charge is 0.116 e. The first-order chi connectivity index (χ1) is 20.7. The van der Waals surface area contributed by atoms with E-state index in [1.54, 1.807) is 23.7 Å². The van der Waals surface area contributed by atoms with Gasteiger partial charge in [-0.25, -0.2) is 0 Å². The molecule has 0 aliphatic carbocycles. The summed E-state index contributed by atoms with van der Waals surface area (Å²) in [6.07, 6.45) is 11.2. The summed E-state index contributed by atoms with van der Waals surface area (Å²) in [7, 11) is 0. The van der Waals surface area contributed by atoms with Gasteiger partial charge in [0, 0.05) is 44.2 Å². The number of rotatable bonds is 10. The molecule has 5 aromatic rings. The van der Waals surface area contributed by atoms with Crippen molar-refractivity contribution in [3.8, 4) is 10.4 Å². The van der Waals surface area contributed by atoms with Gasteiger partial charge in [0.2, 0.25) is 0 Å². The number of H-pyrrole nitrogens is 1. The number of aromatic amines is 1. The number of thiophene rings is 1. The number of anilines is 2. The number of allylic oxidation sites excluding steroid dienone is 2. The normalized spacial score (nSPS) is 11.8. The molecule has 0 bridgehead atoms. The van der Waals surface area contributed by atoms with Crippen molar-refractivity contribution in [2.45, 2.75) is 20.8 Å². The maximum Gasteiger partial charge on any atom is 0.116 e. The summed E-state index contributed by atoms with van der Waals surface area (Å²) in [6.45, 7) is 23.0. The fourth-order valence-corrected chi connectivity index (χ4v) is 5.62. The topological polar surface area (TPSA) is 78.5 Å². The van der Waals surface area contributed by atoms with E-state index in [4.69, 9.17) is 0 Å². The Labute approximate surface area is 256 Å². The summed E-state index contributed by atoms with van der Waals surface area (Å²) in [4.78, 5) is 11.2. The standard InChI is InChI=1S/C36H34N6S/c1-8-32-30(16-23(4)28-17-29(19-37-18-28)39-25(6)27-12-10-9-11-13-27)36(42-41-32)26(7)40-33-21-38-20-31(24(33)5)35-15-14-34(43-35)22(2)3/h8-21,39-41H,2,4,6-7H2,1,3,5H3/b30-16+,32-8+. The minimum atomic E-state index is 0.645. The molecular weight excluding hydrogens is 549 g/mol. The zero-order valence-corrected chi connectivity index (χ0v) is 25.5. The van der Waals surface area contributed by atoms with E-state index in [0.717, 1.165) is 70.8 Å². The van der Waals surface area contributed by atoms with Gasteiger partial charge in [0.05, 0.1) is 34.8 Å². The van der Waals surface area contributed by atoms with Gasteiger partial charge in [-0.3, -0.25) is 15.1 Å². The van der Waals surface area contributed by atoms with Gasteiger partial charge in [-0.1, -0.05) is 62.7 Å². The average Bonchev–Trinajstić information content (AvgIpc) is 3.66. The first kappa shape index (κ1) is 29.2. The van der Waals surface area contributed by atoms with E-state index < -0.39 is 0 Å². The van der Waals surface area contributed by atoms with Crippen LogP contribution in [0, 0.1) is 6.92 Å². The van der Waals surface area contributed by atoms with Gasteiger partial charge < -0.3 is 10.6 Å². The number of hydrogen-bond donors (Lipinski definition) is 3. The molecule has 214 valence electrons. The minimum absolute atomic E-state index is 0.645. The number of aromatic nitrogens is 4. The maximum absolute atomic E-state index is 4.60. The molecule has 0 fully saturated rings. The predicted molar refractivity (Wildman–Crippen MR) is 184 cm³/mol. The van der Waals surface area contributed by atoms with Crippen LogP contribution in [0.2, 0.25) is 0 Å². The Bertz CT molecular complexity index is 1980. The van der Waals surface area contributed by atoms with Crippen LogP contribution in [-0.2, 0) is 0 Å². The number of benzene rings is 1. The van der Waals surface area contributed by atoms with Crippen molar-refractivity contribution in [2.75, 3.05) is 10.6 Å². The van der Waals surface area contributed by atoms with Crippen LogP contribution in [0.4, 0.5) is 11.4 Å². The molecule has 7 heteroatoms. The highest BCUT2D eigenvalue weighted by atomic mass is 32.1. The lowest BCUT2D eigenvalue weighted by atomic mass is 10.1. The fraction of sp³-hybridized carbons (Fsp3) is 0.0833. The van der Waals surface area contributed by atoms with Crippen LogP contribution in [0.3, 0.4) is 0 Å². The first-order valence-corrected chi connectivity index (χ1v) is 14.6. The van der Waals surface area contributed by atoms with Gasteiger partial charge >= 0.3 is 0 Å². The van der Waals surface area contributed by atoms with E-state index in [0.29, 0.717) is 11.4 Å². The van der Waals surface area contributed by atoms with Gasteiger partial charge in [0.15, 0.2) is 0 Å². The van der Waals surface area contributed by atoms with Crippen molar-refractivity contribution in [2.24, 2.45) is 0 Å². The van der Waals surface area contributed by atoms with Gasteiger partial charge in [0.1, 0.15) is 5.69 Å². The summed E-state index contributed by atoms with van der Waals surface area (Å²) in [5, 5.41) is 16.3. The highest BCUT2D eigenvalue weighted by Crippen LogP contribution is 2.35. The Hall–Kier alpha value is -5.27. The highest BCUT2D eigenvalue weighted by molar-refractivity contribution is 7.16. The molecule has 3 N–H and O–H groups in total. The lowest BCUT2D eigenvalue weighted by Crippen LogP contribution is -2.25. The molecule has 0 aliphatic heterocycles. The molecule has 0 aliphatic rings. The molecule has 1 aromatic carbocycles. The molecule has 0 radical (unpaired) electrons. The maximum atomic E-state index is 4.60. The predicted octanol–water partition coefficient (Wildman–Crippen LogP) is 7.73. The van der Waals surface area contributed by atoms with Crippen LogP contribution in [0.1, 0.15) is 41.1 Å². The lowest BCUT2D eigenvalue weighted by molar-refractivity contribution is 1.05. The molecule has 0 atom stereocenters.